The topological polar surface area (TPSA) is 60.2 Å². The maximum absolute atomic E-state index is 10.0. The summed E-state index contributed by atoms with van der Waals surface area (Å²) in [4.78, 5) is 0. The molecular formula is C8H12BrN3O2. The molecule has 0 radical (unpaired) electrons. The molecule has 1 fully saturated rings. The number of aryl methyl sites for hydroxylation is 1. The third-order valence-corrected chi connectivity index (χ3v) is 2.99. The Balaban J connectivity index is 2.21. The number of hydrogen-bond acceptors (Lipinski definition) is 4. The highest BCUT2D eigenvalue weighted by Gasteiger charge is 2.29. The van der Waals surface area contributed by atoms with Gasteiger partial charge in [-0.05, 0) is 28.8 Å². The first kappa shape index (κ1) is 10.1. The van der Waals surface area contributed by atoms with Crippen molar-refractivity contribution in [2.24, 2.45) is 7.05 Å². The zero-order valence-electron chi connectivity index (χ0n) is 7.85. The molecule has 1 N–H and O–H groups in total. The minimum Gasteiger partial charge on any atom is -0.384 e. The summed E-state index contributed by atoms with van der Waals surface area (Å²) in [5.41, 5.74) is 0.678. The molecule has 1 aliphatic rings. The van der Waals surface area contributed by atoms with Gasteiger partial charge in [-0.25, -0.2) is 4.68 Å². The maximum Gasteiger partial charge on any atom is 0.154 e. The van der Waals surface area contributed by atoms with Crippen molar-refractivity contribution in [3.05, 3.63) is 10.3 Å². The smallest absolute Gasteiger partial charge is 0.154 e. The lowest BCUT2D eigenvalue weighted by atomic mass is 10.1. The number of aliphatic hydroxyl groups is 1. The van der Waals surface area contributed by atoms with Gasteiger partial charge in [-0.15, -0.1) is 5.10 Å². The minimum atomic E-state index is -0.646. The van der Waals surface area contributed by atoms with Crippen molar-refractivity contribution >= 4 is 15.9 Å². The molecule has 0 spiro atoms. The van der Waals surface area contributed by atoms with Crippen LogP contribution in [0.25, 0.3) is 0 Å². The Labute approximate surface area is 90.2 Å². The van der Waals surface area contributed by atoms with Crippen LogP contribution in [0.5, 0.6) is 0 Å². The van der Waals surface area contributed by atoms with Crippen LogP contribution in [0.3, 0.4) is 0 Å². The Morgan fingerprint density at radius 3 is 3.00 bits per heavy atom. The molecule has 2 atom stereocenters. The van der Waals surface area contributed by atoms with Gasteiger partial charge in [0, 0.05) is 13.7 Å². The molecule has 78 valence electrons. The Bertz CT molecular complexity index is 303. The standard InChI is InChI=1S/C8H12BrN3O2/c1-12-6(8(9)10-11-12)7(13)5-3-2-4-14-5/h5,7,13H,2-4H2,1H3. The van der Waals surface area contributed by atoms with E-state index in [0.29, 0.717) is 10.3 Å². The van der Waals surface area contributed by atoms with E-state index in [1.165, 1.54) is 0 Å². The molecule has 2 heterocycles. The first-order valence-corrected chi connectivity index (χ1v) is 5.34. The summed E-state index contributed by atoms with van der Waals surface area (Å²) < 4.78 is 7.56. The third kappa shape index (κ3) is 1.69. The number of nitrogens with zero attached hydrogens (tertiary/aromatic N) is 3. The van der Waals surface area contributed by atoms with Crippen LogP contribution >= 0.6 is 15.9 Å². The highest BCUT2D eigenvalue weighted by atomic mass is 79.9. The summed E-state index contributed by atoms with van der Waals surface area (Å²) >= 11 is 3.25. The second-order valence-corrected chi connectivity index (χ2v) is 4.14. The summed E-state index contributed by atoms with van der Waals surface area (Å²) in [6.45, 7) is 0.727. The van der Waals surface area contributed by atoms with Crippen molar-refractivity contribution in [1.29, 1.82) is 0 Å². The van der Waals surface area contributed by atoms with E-state index in [1.807, 2.05) is 0 Å². The molecule has 5 nitrogen and oxygen atoms in total. The molecule has 0 aliphatic carbocycles. The average Bonchev–Trinajstić information content (AvgIpc) is 2.75. The van der Waals surface area contributed by atoms with Gasteiger partial charge in [0.2, 0.25) is 0 Å². The summed E-state index contributed by atoms with van der Waals surface area (Å²) in [5, 5.41) is 17.7. The van der Waals surface area contributed by atoms with Crippen LogP contribution < -0.4 is 0 Å². The molecule has 0 saturated carbocycles. The number of rotatable bonds is 2. The Morgan fingerprint density at radius 1 is 1.71 bits per heavy atom. The van der Waals surface area contributed by atoms with Crippen LogP contribution in [0.15, 0.2) is 4.60 Å². The van der Waals surface area contributed by atoms with E-state index in [1.54, 1.807) is 11.7 Å². The zero-order chi connectivity index (χ0) is 10.1. The number of hydrogen-bond donors (Lipinski definition) is 1. The lowest BCUT2D eigenvalue weighted by Gasteiger charge is -2.17. The number of aliphatic hydroxyl groups excluding tert-OH is 1. The monoisotopic (exact) mass is 261 g/mol. The molecule has 14 heavy (non-hydrogen) atoms. The van der Waals surface area contributed by atoms with Gasteiger partial charge in [-0.3, -0.25) is 0 Å². The number of aromatic nitrogens is 3. The Hall–Kier alpha value is -0.460. The first-order valence-electron chi connectivity index (χ1n) is 4.55. The quantitative estimate of drug-likeness (QED) is 0.856. The summed E-state index contributed by atoms with van der Waals surface area (Å²) in [7, 11) is 1.76. The molecule has 1 aromatic heterocycles. The second kappa shape index (κ2) is 3.96. The molecule has 0 aromatic carbocycles. The largest absolute Gasteiger partial charge is 0.384 e. The molecule has 2 unspecified atom stereocenters. The normalized spacial score (nSPS) is 24.1. The van der Waals surface area contributed by atoms with Crippen molar-refractivity contribution in [3.8, 4) is 0 Å². The molecule has 0 bridgehead atoms. The molecule has 6 heteroatoms. The highest BCUT2D eigenvalue weighted by molar-refractivity contribution is 9.10. The fourth-order valence-electron chi connectivity index (χ4n) is 1.68. The average molecular weight is 262 g/mol. The first-order chi connectivity index (χ1) is 6.70. The van der Waals surface area contributed by atoms with Gasteiger partial charge >= 0.3 is 0 Å². The van der Waals surface area contributed by atoms with Crippen LogP contribution in [0.2, 0.25) is 0 Å². The van der Waals surface area contributed by atoms with Gasteiger partial charge in [0.25, 0.3) is 0 Å². The molecule has 1 saturated heterocycles. The van der Waals surface area contributed by atoms with E-state index in [4.69, 9.17) is 4.74 Å². The fourth-order valence-corrected chi connectivity index (χ4v) is 2.24. The molecule has 0 amide bonds. The van der Waals surface area contributed by atoms with Gasteiger partial charge in [0.1, 0.15) is 11.8 Å². The zero-order valence-corrected chi connectivity index (χ0v) is 9.44. The SMILES string of the molecule is Cn1nnc(Br)c1C(O)C1CCCO1. The van der Waals surface area contributed by atoms with Gasteiger partial charge in [-0.1, -0.05) is 5.21 Å². The van der Waals surface area contributed by atoms with E-state index in [9.17, 15) is 5.11 Å². The Kier molecular flexibility index (Phi) is 2.85. The van der Waals surface area contributed by atoms with Gasteiger partial charge in [0.05, 0.1) is 6.10 Å². The van der Waals surface area contributed by atoms with E-state index in [0.717, 1.165) is 19.4 Å². The molecule has 1 aliphatic heterocycles. The van der Waals surface area contributed by atoms with Crippen LogP contribution in [-0.2, 0) is 11.8 Å². The van der Waals surface area contributed by atoms with Gasteiger partial charge in [0.15, 0.2) is 4.60 Å². The van der Waals surface area contributed by atoms with Gasteiger partial charge in [-0.2, -0.15) is 0 Å². The highest BCUT2D eigenvalue weighted by Crippen LogP contribution is 2.29. The number of halogens is 1. The lowest BCUT2D eigenvalue weighted by Crippen LogP contribution is -2.20. The van der Waals surface area contributed by atoms with Gasteiger partial charge < -0.3 is 9.84 Å². The third-order valence-electron chi connectivity index (χ3n) is 2.42. The summed E-state index contributed by atoms with van der Waals surface area (Å²) in [6.07, 6.45) is 1.12. The van der Waals surface area contributed by atoms with E-state index in [2.05, 4.69) is 26.2 Å². The van der Waals surface area contributed by atoms with E-state index in [-0.39, 0.29) is 6.10 Å². The number of ether oxygens (including phenoxy) is 1. The predicted molar refractivity (Wildman–Crippen MR) is 52.6 cm³/mol. The Morgan fingerprint density at radius 2 is 2.50 bits per heavy atom. The predicted octanol–water partition coefficient (Wildman–Crippen LogP) is 0.790. The summed E-state index contributed by atoms with van der Waals surface area (Å²) in [6, 6.07) is 0. The molecule has 2 rings (SSSR count). The van der Waals surface area contributed by atoms with E-state index < -0.39 is 6.10 Å². The van der Waals surface area contributed by atoms with Crippen LogP contribution in [0.4, 0.5) is 0 Å². The van der Waals surface area contributed by atoms with Crippen molar-refractivity contribution < 1.29 is 9.84 Å². The van der Waals surface area contributed by atoms with Crippen molar-refractivity contribution in [3.63, 3.8) is 0 Å². The van der Waals surface area contributed by atoms with Crippen LogP contribution in [0, 0.1) is 0 Å². The fraction of sp³-hybridized carbons (Fsp3) is 0.750. The molecule has 1 aromatic rings. The lowest BCUT2D eigenvalue weighted by molar-refractivity contribution is -0.00687. The van der Waals surface area contributed by atoms with Crippen LogP contribution in [0.1, 0.15) is 24.6 Å². The second-order valence-electron chi connectivity index (χ2n) is 3.39. The van der Waals surface area contributed by atoms with Crippen LogP contribution in [-0.4, -0.2) is 32.8 Å². The maximum atomic E-state index is 10.0. The summed E-state index contributed by atoms with van der Waals surface area (Å²) in [5.74, 6) is 0. The van der Waals surface area contributed by atoms with Crippen molar-refractivity contribution in [2.75, 3.05) is 6.61 Å². The van der Waals surface area contributed by atoms with Crippen molar-refractivity contribution in [1.82, 2.24) is 15.0 Å². The van der Waals surface area contributed by atoms with E-state index >= 15 is 0 Å². The van der Waals surface area contributed by atoms with Crippen molar-refractivity contribution in [2.45, 2.75) is 25.0 Å². The minimum absolute atomic E-state index is 0.122. The molecular weight excluding hydrogens is 250 g/mol.